The van der Waals surface area contributed by atoms with E-state index in [-0.39, 0.29) is 12.7 Å². The highest BCUT2D eigenvalue weighted by molar-refractivity contribution is 5.03. The fraction of sp³-hybridized carbons (Fsp3) is 0.810. The molecule has 0 saturated carbocycles. The molecule has 3 heteroatoms. The molecule has 1 N–H and O–H groups in total. The minimum atomic E-state index is -0.459. The Kier molecular flexibility index (Phi) is 9.25. The lowest BCUT2D eigenvalue weighted by Crippen LogP contribution is -2.25. The van der Waals surface area contributed by atoms with Crippen LogP contribution in [-0.4, -0.2) is 30.2 Å². The van der Waals surface area contributed by atoms with Crippen molar-refractivity contribution in [2.75, 3.05) is 13.2 Å². The van der Waals surface area contributed by atoms with Crippen molar-refractivity contribution in [3.8, 4) is 0 Å². The number of allylic oxidation sites excluding steroid dienone is 4. The highest BCUT2D eigenvalue weighted by Gasteiger charge is 2.34. The van der Waals surface area contributed by atoms with Gasteiger partial charge in [-0.15, -0.1) is 0 Å². The molecule has 1 rings (SSSR count). The third kappa shape index (κ3) is 7.96. The largest absolute Gasteiger partial charge is 0.396 e. The monoisotopic (exact) mass is 338 g/mol. The van der Waals surface area contributed by atoms with Gasteiger partial charge in [-0.3, -0.25) is 0 Å². The minimum Gasteiger partial charge on any atom is -0.396 e. The molecule has 0 aromatic rings. The summed E-state index contributed by atoms with van der Waals surface area (Å²) < 4.78 is 11.5. The zero-order chi connectivity index (χ0) is 18.2. The molecule has 1 aliphatic rings. The second-order valence-electron chi connectivity index (χ2n) is 7.84. The Morgan fingerprint density at radius 1 is 1.25 bits per heavy atom. The van der Waals surface area contributed by atoms with Gasteiger partial charge in [0.25, 0.3) is 0 Å². The lowest BCUT2D eigenvalue weighted by Gasteiger charge is -2.24. The molecule has 0 bridgehead atoms. The summed E-state index contributed by atoms with van der Waals surface area (Å²) in [6, 6.07) is 0. The number of hydrogen-bond donors (Lipinski definition) is 1. The Morgan fingerprint density at radius 2 is 1.96 bits per heavy atom. The van der Waals surface area contributed by atoms with E-state index < -0.39 is 5.79 Å². The first-order chi connectivity index (χ1) is 11.3. The van der Waals surface area contributed by atoms with Crippen molar-refractivity contribution < 1.29 is 14.6 Å². The van der Waals surface area contributed by atoms with Gasteiger partial charge in [-0.1, -0.05) is 37.1 Å². The van der Waals surface area contributed by atoms with Crippen LogP contribution in [0.3, 0.4) is 0 Å². The average Bonchev–Trinajstić information content (AvgIpc) is 2.86. The smallest absolute Gasteiger partial charge is 0.163 e. The van der Waals surface area contributed by atoms with Crippen LogP contribution >= 0.6 is 0 Å². The molecule has 0 amide bonds. The fourth-order valence-corrected chi connectivity index (χ4v) is 3.12. The van der Waals surface area contributed by atoms with Gasteiger partial charge in [0, 0.05) is 6.61 Å². The Morgan fingerprint density at radius 3 is 2.50 bits per heavy atom. The van der Waals surface area contributed by atoms with E-state index in [0.717, 1.165) is 32.1 Å². The van der Waals surface area contributed by atoms with Gasteiger partial charge < -0.3 is 14.6 Å². The Labute approximate surface area is 149 Å². The molecule has 140 valence electrons. The maximum Gasteiger partial charge on any atom is 0.163 e. The predicted molar refractivity (Wildman–Crippen MR) is 101 cm³/mol. The topological polar surface area (TPSA) is 38.7 Å². The first kappa shape index (κ1) is 21.4. The minimum absolute atomic E-state index is 0.149. The zero-order valence-corrected chi connectivity index (χ0v) is 16.6. The van der Waals surface area contributed by atoms with Gasteiger partial charge in [-0.05, 0) is 71.6 Å². The maximum atomic E-state index is 9.76. The normalized spacial score (nSPS) is 24.2. The van der Waals surface area contributed by atoms with Crippen LogP contribution in [0.2, 0.25) is 0 Å². The third-order valence-corrected chi connectivity index (χ3v) is 5.10. The molecule has 3 atom stereocenters. The molecule has 1 saturated heterocycles. The molecular weight excluding hydrogens is 300 g/mol. The van der Waals surface area contributed by atoms with E-state index >= 15 is 0 Å². The molecule has 0 unspecified atom stereocenters. The molecule has 1 heterocycles. The number of hydrogen-bond acceptors (Lipinski definition) is 3. The first-order valence-electron chi connectivity index (χ1n) is 9.51. The van der Waals surface area contributed by atoms with Crippen molar-refractivity contribution in [3.05, 3.63) is 23.3 Å². The molecular formula is C21H38O3. The molecule has 0 aliphatic carbocycles. The van der Waals surface area contributed by atoms with Crippen molar-refractivity contribution in [2.45, 2.75) is 85.5 Å². The number of aliphatic hydroxyl groups excluding tert-OH is 1. The number of rotatable bonds is 10. The van der Waals surface area contributed by atoms with E-state index in [1.807, 2.05) is 13.8 Å². The van der Waals surface area contributed by atoms with Gasteiger partial charge in [0.1, 0.15) is 0 Å². The molecule has 0 radical (unpaired) electrons. The summed E-state index contributed by atoms with van der Waals surface area (Å²) in [6.45, 7) is 13.6. The molecule has 3 nitrogen and oxygen atoms in total. The van der Waals surface area contributed by atoms with Gasteiger partial charge >= 0.3 is 0 Å². The van der Waals surface area contributed by atoms with E-state index in [0.29, 0.717) is 18.4 Å². The van der Waals surface area contributed by atoms with Gasteiger partial charge in [0.2, 0.25) is 0 Å². The lowest BCUT2D eigenvalue weighted by atomic mass is 9.86. The second kappa shape index (κ2) is 10.4. The van der Waals surface area contributed by atoms with Gasteiger partial charge in [0.05, 0.1) is 12.7 Å². The van der Waals surface area contributed by atoms with Crippen molar-refractivity contribution in [2.24, 2.45) is 11.8 Å². The Hall–Kier alpha value is -0.640. The second-order valence-corrected chi connectivity index (χ2v) is 7.84. The van der Waals surface area contributed by atoms with Crippen LogP contribution in [0.5, 0.6) is 0 Å². The van der Waals surface area contributed by atoms with Crippen LogP contribution in [-0.2, 0) is 9.47 Å². The van der Waals surface area contributed by atoms with Crippen LogP contribution in [0.4, 0.5) is 0 Å². The summed E-state index contributed by atoms with van der Waals surface area (Å²) in [7, 11) is 0. The summed E-state index contributed by atoms with van der Waals surface area (Å²) in [5, 5.41) is 9.76. The molecule has 0 spiro atoms. The summed E-state index contributed by atoms with van der Waals surface area (Å²) in [6.07, 6.45) is 10.0. The van der Waals surface area contributed by atoms with Gasteiger partial charge in [-0.2, -0.15) is 0 Å². The zero-order valence-electron chi connectivity index (χ0n) is 16.6. The van der Waals surface area contributed by atoms with E-state index in [4.69, 9.17) is 9.47 Å². The van der Waals surface area contributed by atoms with E-state index in [9.17, 15) is 5.11 Å². The fourth-order valence-electron chi connectivity index (χ4n) is 3.12. The molecule has 24 heavy (non-hydrogen) atoms. The summed E-state index contributed by atoms with van der Waals surface area (Å²) in [5.41, 5.74) is 2.88. The SMILES string of the molecule is CC/C(C)=C\CC/C(C)=C/C[C@@H](CO)[C@@H](C)C[C@@H]1COC(C)(C)O1. The maximum absolute atomic E-state index is 9.76. The summed E-state index contributed by atoms with van der Waals surface area (Å²) >= 11 is 0. The van der Waals surface area contributed by atoms with Gasteiger partial charge in [-0.25, -0.2) is 0 Å². The van der Waals surface area contributed by atoms with E-state index in [2.05, 4.69) is 39.8 Å². The summed E-state index contributed by atoms with van der Waals surface area (Å²) in [5.74, 6) is 0.253. The quantitative estimate of drug-likeness (QED) is 0.553. The Balaban J connectivity index is 2.41. The average molecular weight is 339 g/mol. The van der Waals surface area contributed by atoms with E-state index in [1.165, 1.54) is 11.1 Å². The van der Waals surface area contributed by atoms with Crippen molar-refractivity contribution in [1.82, 2.24) is 0 Å². The third-order valence-electron chi connectivity index (χ3n) is 5.10. The predicted octanol–water partition coefficient (Wildman–Crippen LogP) is 5.25. The summed E-state index contributed by atoms with van der Waals surface area (Å²) in [4.78, 5) is 0. The molecule has 0 aromatic carbocycles. The van der Waals surface area contributed by atoms with E-state index in [1.54, 1.807) is 0 Å². The molecule has 1 fully saturated rings. The number of ether oxygens (including phenoxy) is 2. The van der Waals surface area contributed by atoms with Crippen molar-refractivity contribution >= 4 is 0 Å². The van der Waals surface area contributed by atoms with Crippen LogP contribution in [0.15, 0.2) is 23.3 Å². The van der Waals surface area contributed by atoms with Crippen molar-refractivity contribution in [3.63, 3.8) is 0 Å². The van der Waals surface area contributed by atoms with Crippen LogP contribution in [0.25, 0.3) is 0 Å². The van der Waals surface area contributed by atoms with Crippen LogP contribution in [0, 0.1) is 11.8 Å². The van der Waals surface area contributed by atoms with Crippen molar-refractivity contribution in [1.29, 1.82) is 0 Å². The van der Waals surface area contributed by atoms with Gasteiger partial charge in [0.15, 0.2) is 5.79 Å². The van der Waals surface area contributed by atoms with Crippen LogP contribution < -0.4 is 0 Å². The number of aliphatic hydroxyl groups is 1. The standard InChI is InChI=1S/C21H38O3/c1-7-16(2)9-8-10-17(3)11-12-19(14-22)18(4)13-20-15-23-21(5,6)24-20/h9,11,18-20,22H,7-8,10,12-15H2,1-6H3/b16-9-,17-11+/t18-,19-,20+/m0/s1. The Bertz CT molecular complexity index is 423. The molecule has 1 aliphatic heterocycles. The lowest BCUT2D eigenvalue weighted by molar-refractivity contribution is -0.140. The van der Waals surface area contributed by atoms with Crippen LogP contribution in [0.1, 0.15) is 73.6 Å². The molecule has 0 aromatic heterocycles. The highest BCUT2D eigenvalue weighted by Crippen LogP contribution is 2.29. The highest BCUT2D eigenvalue weighted by atomic mass is 16.7. The first-order valence-corrected chi connectivity index (χ1v) is 9.51.